The molecule has 0 radical (unpaired) electrons. The first-order chi connectivity index (χ1) is 4.88. The fraction of sp³-hybridized carbons (Fsp3) is 1.00. The van der Waals surface area contributed by atoms with Gasteiger partial charge in [0.1, 0.15) is 0 Å². The molecular formula is C9H18O2. The van der Waals surface area contributed by atoms with E-state index in [1.54, 1.807) is 13.8 Å². The molecule has 1 saturated carbocycles. The highest BCUT2D eigenvalue weighted by Crippen LogP contribution is 2.40. The Hall–Kier alpha value is -0.0800. The summed E-state index contributed by atoms with van der Waals surface area (Å²) in [6.07, 6.45) is 2.75. The third kappa shape index (κ3) is 1.30. The molecule has 3 atom stereocenters. The third-order valence-corrected chi connectivity index (χ3v) is 3.35. The molecule has 0 amide bonds. The van der Waals surface area contributed by atoms with Gasteiger partial charge < -0.3 is 10.2 Å². The molecule has 1 aliphatic rings. The zero-order valence-electron chi connectivity index (χ0n) is 7.59. The Balaban J connectivity index is 2.82. The predicted molar refractivity (Wildman–Crippen MR) is 44.3 cm³/mol. The molecule has 1 aliphatic carbocycles. The Labute approximate surface area is 68.2 Å². The van der Waals surface area contributed by atoms with Gasteiger partial charge in [-0.3, -0.25) is 0 Å². The maximum atomic E-state index is 9.92. The van der Waals surface area contributed by atoms with Crippen LogP contribution in [-0.4, -0.2) is 21.4 Å². The van der Waals surface area contributed by atoms with Crippen molar-refractivity contribution in [3.8, 4) is 0 Å². The van der Waals surface area contributed by atoms with Crippen molar-refractivity contribution in [3.05, 3.63) is 0 Å². The van der Waals surface area contributed by atoms with Gasteiger partial charge in [0.25, 0.3) is 0 Å². The predicted octanol–water partition coefficient (Wildman–Crippen LogP) is 1.31. The van der Waals surface area contributed by atoms with E-state index in [0.29, 0.717) is 6.42 Å². The van der Waals surface area contributed by atoms with E-state index in [0.717, 1.165) is 12.8 Å². The molecule has 0 heterocycles. The van der Waals surface area contributed by atoms with E-state index in [-0.39, 0.29) is 5.92 Å². The van der Waals surface area contributed by atoms with Gasteiger partial charge in [-0.05, 0) is 32.6 Å². The first kappa shape index (κ1) is 9.01. The summed E-state index contributed by atoms with van der Waals surface area (Å²) < 4.78 is 0. The highest BCUT2D eigenvalue weighted by molar-refractivity contribution is 4.99. The van der Waals surface area contributed by atoms with Crippen LogP contribution in [0.1, 0.15) is 40.0 Å². The highest BCUT2D eigenvalue weighted by atomic mass is 16.4. The van der Waals surface area contributed by atoms with Crippen LogP contribution in [-0.2, 0) is 0 Å². The van der Waals surface area contributed by atoms with E-state index < -0.39 is 11.2 Å². The molecule has 0 saturated heterocycles. The summed E-state index contributed by atoms with van der Waals surface area (Å²) in [5.41, 5.74) is -1.81. The van der Waals surface area contributed by atoms with Crippen molar-refractivity contribution in [3.63, 3.8) is 0 Å². The maximum Gasteiger partial charge on any atom is 0.0927 e. The number of hydrogen-bond acceptors (Lipinski definition) is 2. The van der Waals surface area contributed by atoms with Crippen LogP contribution in [0.25, 0.3) is 0 Å². The largest absolute Gasteiger partial charge is 0.387 e. The lowest BCUT2D eigenvalue weighted by Gasteiger charge is -2.46. The summed E-state index contributed by atoms with van der Waals surface area (Å²) in [5.74, 6) is 0.200. The standard InChI is InChI=1S/C9H18O2/c1-7-5-4-6-8(2,10)9(7,3)11/h7,10-11H,4-6H2,1-3H3. The molecule has 1 rings (SSSR count). The van der Waals surface area contributed by atoms with E-state index in [2.05, 4.69) is 0 Å². The molecule has 0 spiro atoms. The van der Waals surface area contributed by atoms with Crippen LogP contribution in [0.4, 0.5) is 0 Å². The fourth-order valence-electron chi connectivity index (χ4n) is 1.82. The Kier molecular flexibility index (Phi) is 2.01. The molecule has 0 aromatic rings. The minimum absolute atomic E-state index is 0.200. The van der Waals surface area contributed by atoms with Gasteiger partial charge >= 0.3 is 0 Å². The molecule has 0 aliphatic heterocycles. The Morgan fingerprint density at radius 3 is 2.18 bits per heavy atom. The van der Waals surface area contributed by atoms with Crippen molar-refractivity contribution in [2.45, 2.75) is 51.2 Å². The molecule has 0 bridgehead atoms. The second-order valence-electron chi connectivity index (χ2n) is 4.21. The van der Waals surface area contributed by atoms with Crippen LogP contribution < -0.4 is 0 Å². The average Bonchev–Trinajstić information content (AvgIpc) is 1.84. The number of rotatable bonds is 0. The quantitative estimate of drug-likeness (QED) is 0.558. The van der Waals surface area contributed by atoms with E-state index in [1.807, 2.05) is 6.92 Å². The van der Waals surface area contributed by atoms with Gasteiger partial charge in [0.2, 0.25) is 0 Å². The Morgan fingerprint density at radius 2 is 1.82 bits per heavy atom. The summed E-state index contributed by atoms with van der Waals surface area (Å²) in [6.45, 7) is 5.45. The summed E-state index contributed by atoms with van der Waals surface area (Å²) in [7, 11) is 0. The molecular weight excluding hydrogens is 140 g/mol. The van der Waals surface area contributed by atoms with Crippen LogP contribution in [0.5, 0.6) is 0 Å². The van der Waals surface area contributed by atoms with Crippen LogP contribution in [0, 0.1) is 5.92 Å². The van der Waals surface area contributed by atoms with Crippen molar-refractivity contribution < 1.29 is 10.2 Å². The van der Waals surface area contributed by atoms with Crippen LogP contribution >= 0.6 is 0 Å². The van der Waals surface area contributed by atoms with Crippen LogP contribution in [0.3, 0.4) is 0 Å². The molecule has 0 aromatic heterocycles. The van der Waals surface area contributed by atoms with Crippen molar-refractivity contribution in [1.82, 2.24) is 0 Å². The third-order valence-electron chi connectivity index (χ3n) is 3.35. The molecule has 0 aromatic carbocycles. The van der Waals surface area contributed by atoms with Crippen molar-refractivity contribution in [2.24, 2.45) is 5.92 Å². The van der Waals surface area contributed by atoms with Crippen molar-refractivity contribution in [2.75, 3.05) is 0 Å². The van der Waals surface area contributed by atoms with E-state index in [1.165, 1.54) is 0 Å². The van der Waals surface area contributed by atoms with Gasteiger partial charge in [-0.2, -0.15) is 0 Å². The average molecular weight is 158 g/mol. The Bertz CT molecular complexity index is 150. The molecule has 2 nitrogen and oxygen atoms in total. The second kappa shape index (κ2) is 2.46. The van der Waals surface area contributed by atoms with Gasteiger partial charge in [0.05, 0.1) is 11.2 Å². The van der Waals surface area contributed by atoms with E-state index in [4.69, 9.17) is 0 Å². The number of aliphatic hydroxyl groups is 2. The van der Waals surface area contributed by atoms with Crippen molar-refractivity contribution in [1.29, 1.82) is 0 Å². The van der Waals surface area contributed by atoms with Crippen LogP contribution in [0.2, 0.25) is 0 Å². The lowest BCUT2D eigenvalue weighted by atomic mass is 9.68. The van der Waals surface area contributed by atoms with E-state index >= 15 is 0 Å². The topological polar surface area (TPSA) is 40.5 Å². The molecule has 2 N–H and O–H groups in total. The lowest BCUT2D eigenvalue weighted by molar-refractivity contribution is -0.179. The summed E-state index contributed by atoms with van der Waals surface area (Å²) in [5, 5.41) is 19.7. The van der Waals surface area contributed by atoms with Crippen LogP contribution in [0.15, 0.2) is 0 Å². The van der Waals surface area contributed by atoms with Gasteiger partial charge in [0, 0.05) is 0 Å². The molecule has 66 valence electrons. The normalized spacial score (nSPS) is 52.6. The molecule has 3 unspecified atom stereocenters. The SMILES string of the molecule is CC1CCCC(C)(O)C1(C)O. The minimum atomic E-state index is -0.911. The molecule has 11 heavy (non-hydrogen) atoms. The van der Waals surface area contributed by atoms with Gasteiger partial charge in [-0.15, -0.1) is 0 Å². The minimum Gasteiger partial charge on any atom is -0.387 e. The first-order valence-electron chi connectivity index (χ1n) is 4.33. The summed E-state index contributed by atoms with van der Waals surface area (Å²) in [6, 6.07) is 0. The highest BCUT2D eigenvalue weighted by Gasteiger charge is 2.47. The summed E-state index contributed by atoms with van der Waals surface area (Å²) >= 11 is 0. The molecule has 1 fully saturated rings. The maximum absolute atomic E-state index is 9.92. The second-order valence-corrected chi connectivity index (χ2v) is 4.21. The van der Waals surface area contributed by atoms with Crippen molar-refractivity contribution >= 4 is 0 Å². The zero-order valence-corrected chi connectivity index (χ0v) is 7.59. The lowest BCUT2D eigenvalue weighted by Crippen LogP contribution is -2.56. The summed E-state index contributed by atoms with van der Waals surface area (Å²) in [4.78, 5) is 0. The monoisotopic (exact) mass is 158 g/mol. The number of hydrogen-bond donors (Lipinski definition) is 2. The van der Waals surface area contributed by atoms with Gasteiger partial charge in [-0.1, -0.05) is 13.3 Å². The van der Waals surface area contributed by atoms with Gasteiger partial charge in [-0.25, -0.2) is 0 Å². The Morgan fingerprint density at radius 1 is 1.27 bits per heavy atom. The fourth-order valence-corrected chi connectivity index (χ4v) is 1.82. The first-order valence-corrected chi connectivity index (χ1v) is 4.33. The molecule has 2 heteroatoms. The van der Waals surface area contributed by atoms with E-state index in [9.17, 15) is 10.2 Å². The zero-order chi connectivity index (χ0) is 8.70. The van der Waals surface area contributed by atoms with Gasteiger partial charge in [0.15, 0.2) is 0 Å². The smallest absolute Gasteiger partial charge is 0.0927 e.